The summed E-state index contributed by atoms with van der Waals surface area (Å²) >= 11 is 1.49. The van der Waals surface area contributed by atoms with Gasteiger partial charge in [0, 0.05) is 24.4 Å². The van der Waals surface area contributed by atoms with E-state index in [1.807, 2.05) is 13.8 Å². The van der Waals surface area contributed by atoms with Crippen molar-refractivity contribution in [2.75, 3.05) is 12.3 Å². The molecule has 9 heteroatoms. The first kappa shape index (κ1) is 21.2. The molecule has 7 nitrogen and oxygen atoms in total. The van der Waals surface area contributed by atoms with E-state index in [0.717, 1.165) is 10.4 Å². The Bertz CT molecular complexity index is 1180. The van der Waals surface area contributed by atoms with E-state index in [-0.39, 0.29) is 41.6 Å². The number of thiophene rings is 1. The number of aromatic nitrogens is 2. The molecule has 29 heavy (non-hydrogen) atoms. The Hall–Kier alpha value is -2.52. The second-order valence-electron chi connectivity index (χ2n) is 6.79. The number of aryl methyl sites for hydroxylation is 3. The summed E-state index contributed by atoms with van der Waals surface area (Å²) in [4.78, 5) is 31.0. The monoisotopic (exact) mass is 433 g/mol. The number of benzene rings is 1. The lowest BCUT2D eigenvalue weighted by atomic mass is 10.2. The Morgan fingerprint density at radius 1 is 1.21 bits per heavy atom. The zero-order valence-corrected chi connectivity index (χ0v) is 18.0. The molecule has 0 aliphatic heterocycles. The van der Waals surface area contributed by atoms with Crippen LogP contribution in [0.2, 0.25) is 0 Å². The van der Waals surface area contributed by atoms with Gasteiger partial charge < -0.3 is 5.32 Å². The Morgan fingerprint density at radius 2 is 1.93 bits per heavy atom. The number of carbonyl (C=O) groups is 1. The summed E-state index contributed by atoms with van der Waals surface area (Å²) in [6.07, 6.45) is 1.92. The smallest absolute Gasteiger partial charge is 0.262 e. The SMILES string of the molecule is Cc1sc2ncn(CCC(=O)NCCCS(=O)(=O)c3ccccc3)c(=O)c2c1C. The predicted octanol–water partition coefficient (Wildman–Crippen LogP) is 2.45. The van der Waals surface area contributed by atoms with E-state index in [4.69, 9.17) is 0 Å². The van der Waals surface area contributed by atoms with Gasteiger partial charge in [0.2, 0.25) is 5.91 Å². The second-order valence-corrected chi connectivity index (χ2v) is 10.1. The van der Waals surface area contributed by atoms with Crippen molar-refractivity contribution in [2.24, 2.45) is 0 Å². The van der Waals surface area contributed by atoms with E-state index in [1.54, 1.807) is 30.3 Å². The van der Waals surface area contributed by atoms with Crippen LogP contribution in [0.5, 0.6) is 0 Å². The quantitative estimate of drug-likeness (QED) is 0.550. The molecule has 154 valence electrons. The molecule has 2 aromatic heterocycles. The molecule has 2 heterocycles. The van der Waals surface area contributed by atoms with Crippen molar-refractivity contribution in [1.29, 1.82) is 0 Å². The van der Waals surface area contributed by atoms with Crippen LogP contribution in [0.4, 0.5) is 0 Å². The molecule has 1 aromatic carbocycles. The molecule has 0 radical (unpaired) electrons. The molecule has 0 fully saturated rings. The van der Waals surface area contributed by atoms with E-state index in [2.05, 4.69) is 10.3 Å². The lowest BCUT2D eigenvalue weighted by Gasteiger charge is -2.08. The molecule has 0 bridgehead atoms. The van der Waals surface area contributed by atoms with Crippen LogP contribution in [-0.2, 0) is 21.2 Å². The second kappa shape index (κ2) is 8.87. The lowest BCUT2D eigenvalue weighted by Crippen LogP contribution is -2.29. The highest BCUT2D eigenvalue weighted by atomic mass is 32.2. The average Bonchev–Trinajstić information content (AvgIpc) is 3.00. The van der Waals surface area contributed by atoms with Crippen molar-refractivity contribution in [2.45, 2.75) is 38.1 Å². The van der Waals surface area contributed by atoms with Crippen LogP contribution in [0.25, 0.3) is 10.2 Å². The fourth-order valence-electron chi connectivity index (χ4n) is 2.98. The van der Waals surface area contributed by atoms with Gasteiger partial charge in [0.15, 0.2) is 9.84 Å². The van der Waals surface area contributed by atoms with Crippen molar-refractivity contribution in [3.05, 3.63) is 57.5 Å². The maximum atomic E-state index is 12.6. The first-order valence-electron chi connectivity index (χ1n) is 9.29. The van der Waals surface area contributed by atoms with E-state index in [1.165, 1.54) is 22.2 Å². The first-order valence-corrected chi connectivity index (χ1v) is 11.8. The maximum absolute atomic E-state index is 12.6. The molecule has 0 unspecified atom stereocenters. The van der Waals surface area contributed by atoms with Gasteiger partial charge in [-0.15, -0.1) is 11.3 Å². The van der Waals surface area contributed by atoms with Gasteiger partial charge in [-0.2, -0.15) is 0 Å². The van der Waals surface area contributed by atoms with Crippen molar-refractivity contribution in [3.8, 4) is 0 Å². The number of rotatable bonds is 8. The van der Waals surface area contributed by atoms with Crippen LogP contribution >= 0.6 is 11.3 Å². The standard InChI is InChI=1S/C20H23N3O4S2/c1-14-15(2)28-19-18(14)20(25)23(13-22-19)11-9-17(24)21-10-6-12-29(26,27)16-7-4-3-5-8-16/h3-5,7-8,13H,6,9-12H2,1-2H3,(H,21,24). The number of nitrogens with zero attached hydrogens (tertiary/aromatic N) is 2. The largest absolute Gasteiger partial charge is 0.356 e. The third-order valence-corrected chi connectivity index (χ3v) is 7.68. The fourth-order valence-corrected chi connectivity index (χ4v) is 5.29. The normalized spacial score (nSPS) is 11.7. The van der Waals surface area contributed by atoms with Gasteiger partial charge in [-0.1, -0.05) is 18.2 Å². The van der Waals surface area contributed by atoms with Crippen LogP contribution in [0.3, 0.4) is 0 Å². The molecule has 3 aromatic rings. The summed E-state index contributed by atoms with van der Waals surface area (Å²) < 4.78 is 25.9. The van der Waals surface area contributed by atoms with Crippen LogP contribution in [0.15, 0.2) is 46.3 Å². The number of nitrogens with one attached hydrogen (secondary N) is 1. The van der Waals surface area contributed by atoms with Crippen molar-refractivity contribution in [1.82, 2.24) is 14.9 Å². The lowest BCUT2D eigenvalue weighted by molar-refractivity contribution is -0.121. The molecule has 3 rings (SSSR count). The van der Waals surface area contributed by atoms with Crippen LogP contribution < -0.4 is 10.9 Å². The Morgan fingerprint density at radius 3 is 2.66 bits per heavy atom. The zero-order chi connectivity index (χ0) is 21.0. The number of fused-ring (bicyclic) bond motifs is 1. The molecule has 1 N–H and O–H groups in total. The molecular weight excluding hydrogens is 410 g/mol. The molecule has 0 aliphatic carbocycles. The zero-order valence-electron chi connectivity index (χ0n) is 16.3. The molecule has 1 amide bonds. The van der Waals surface area contributed by atoms with Gasteiger partial charge in [-0.25, -0.2) is 13.4 Å². The Kier molecular flexibility index (Phi) is 6.49. The van der Waals surface area contributed by atoms with Crippen LogP contribution in [0.1, 0.15) is 23.3 Å². The molecule has 0 atom stereocenters. The van der Waals surface area contributed by atoms with E-state index in [9.17, 15) is 18.0 Å². The third-order valence-electron chi connectivity index (χ3n) is 4.75. The fraction of sp³-hybridized carbons (Fsp3) is 0.350. The first-order chi connectivity index (χ1) is 13.8. The summed E-state index contributed by atoms with van der Waals surface area (Å²) in [5.74, 6) is -0.263. The van der Waals surface area contributed by atoms with Crippen LogP contribution in [-0.4, -0.2) is 36.2 Å². The summed E-state index contributed by atoms with van der Waals surface area (Å²) in [5, 5.41) is 3.32. The minimum absolute atomic E-state index is 0.0336. The number of carbonyl (C=O) groups excluding carboxylic acids is 1. The summed E-state index contributed by atoms with van der Waals surface area (Å²) in [6.45, 7) is 4.35. The topological polar surface area (TPSA) is 98.1 Å². The van der Waals surface area contributed by atoms with Gasteiger partial charge in [-0.3, -0.25) is 14.2 Å². The highest BCUT2D eigenvalue weighted by Gasteiger charge is 2.14. The van der Waals surface area contributed by atoms with Gasteiger partial charge in [0.25, 0.3) is 5.56 Å². The number of sulfone groups is 1. The minimum Gasteiger partial charge on any atom is -0.356 e. The van der Waals surface area contributed by atoms with Crippen LogP contribution in [0, 0.1) is 13.8 Å². The van der Waals surface area contributed by atoms with Gasteiger partial charge in [-0.05, 0) is 38.0 Å². The van der Waals surface area contributed by atoms with E-state index < -0.39 is 9.84 Å². The molecule has 0 saturated heterocycles. The number of hydrogen-bond acceptors (Lipinski definition) is 6. The van der Waals surface area contributed by atoms with E-state index >= 15 is 0 Å². The number of amides is 1. The number of hydrogen-bond donors (Lipinski definition) is 1. The van der Waals surface area contributed by atoms with Gasteiger partial charge in [0.05, 0.1) is 22.4 Å². The maximum Gasteiger partial charge on any atom is 0.262 e. The van der Waals surface area contributed by atoms with E-state index in [0.29, 0.717) is 16.6 Å². The highest BCUT2D eigenvalue weighted by molar-refractivity contribution is 7.91. The summed E-state index contributed by atoms with van der Waals surface area (Å²) in [6, 6.07) is 8.25. The predicted molar refractivity (Wildman–Crippen MR) is 114 cm³/mol. The van der Waals surface area contributed by atoms with Gasteiger partial charge in [0.1, 0.15) is 4.83 Å². The van der Waals surface area contributed by atoms with Crippen molar-refractivity contribution >= 4 is 37.3 Å². The highest BCUT2D eigenvalue weighted by Crippen LogP contribution is 2.25. The molecular formula is C20H23N3O4S2. The Balaban J connectivity index is 1.50. The Labute approximate surface area is 173 Å². The summed E-state index contributed by atoms with van der Waals surface area (Å²) in [5.41, 5.74) is 0.791. The van der Waals surface area contributed by atoms with Crippen molar-refractivity contribution < 1.29 is 13.2 Å². The minimum atomic E-state index is -3.35. The molecule has 0 spiro atoms. The third kappa shape index (κ3) is 4.91. The van der Waals surface area contributed by atoms with Gasteiger partial charge >= 0.3 is 0 Å². The van der Waals surface area contributed by atoms with Crippen molar-refractivity contribution in [3.63, 3.8) is 0 Å². The summed E-state index contributed by atoms with van der Waals surface area (Å²) in [7, 11) is -3.35. The molecule has 0 aliphatic rings. The average molecular weight is 434 g/mol. The molecule has 0 saturated carbocycles.